The molecule has 3 aromatic heterocycles. The maximum atomic E-state index is 11.2. The molecule has 0 fully saturated rings. The molecule has 0 unspecified atom stereocenters. The van der Waals surface area contributed by atoms with Crippen molar-refractivity contribution in [3.8, 4) is 0 Å². The molecule has 0 spiro atoms. The lowest BCUT2D eigenvalue weighted by molar-refractivity contribution is -0.115. The fourth-order valence-electron chi connectivity index (χ4n) is 4.01. The standard InChI is InChI=1S/C23H30N8OS/c1-2-3-9-18-29-20-21(19-16(28-22(20)25)8-6-10-26-19)31(18)14-5-4-12-30-13-7-11-27-23(30)33-15-17(24)32/h6-8,10-11H,2-5,9,12-15H2,1H3,(H2,24,32)(H2,25,28). The minimum atomic E-state index is -0.335. The van der Waals surface area contributed by atoms with Crippen molar-refractivity contribution in [2.75, 3.05) is 24.6 Å². The van der Waals surface area contributed by atoms with Gasteiger partial charge < -0.3 is 20.9 Å². The van der Waals surface area contributed by atoms with E-state index >= 15 is 0 Å². The Bertz CT molecular complexity index is 1200. The van der Waals surface area contributed by atoms with Crippen LogP contribution >= 0.6 is 11.8 Å². The van der Waals surface area contributed by atoms with Crippen LogP contribution in [-0.4, -0.2) is 54.3 Å². The molecule has 4 rings (SSSR count). The van der Waals surface area contributed by atoms with E-state index in [9.17, 15) is 4.79 Å². The van der Waals surface area contributed by atoms with Crippen LogP contribution in [0.2, 0.25) is 0 Å². The number of aromatic nitrogens is 4. The number of nitrogens with zero attached hydrogens (tertiary/aromatic N) is 6. The number of aliphatic imine (C=N–C) groups is 1. The number of primary amides is 1. The zero-order valence-electron chi connectivity index (χ0n) is 18.9. The molecule has 10 heteroatoms. The molecule has 0 atom stereocenters. The summed E-state index contributed by atoms with van der Waals surface area (Å²) in [6.45, 7) is 4.66. The first-order chi connectivity index (χ1) is 16.1. The Hall–Kier alpha value is -3.14. The van der Waals surface area contributed by atoms with E-state index in [4.69, 9.17) is 16.5 Å². The molecule has 0 aromatic carbocycles. The monoisotopic (exact) mass is 466 g/mol. The summed E-state index contributed by atoms with van der Waals surface area (Å²) in [5.74, 6) is 1.40. The zero-order valence-corrected chi connectivity index (χ0v) is 19.7. The zero-order chi connectivity index (χ0) is 23.2. The van der Waals surface area contributed by atoms with E-state index in [0.29, 0.717) is 5.82 Å². The Morgan fingerprint density at radius 3 is 2.85 bits per heavy atom. The second kappa shape index (κ2) is 10.7. The van der Waals surface area contributed by atoms with Crippen LogP contribution in [0.5, 0.6) is 0 Å². The molecule has 1 aliphatic rings. The first-order valence-corrected chi connectivity index (χ1v) is 12.3. The Labute approximate surface area is 197 Å². The molecular formula is C23H30N8OS. The van der Waals surface area contributed by atoms with Gasteiger partial charge in [0.15, 0.2) is 11.0 Å². The summed E-state index contributed by atoms with van der Waals surface area (Å²) in [5.41, 5.74) is 14.9. The van der Waals surface area contributed by atoms with Gasteiger partial charge in [-0.1, -0.05) is 25.1 Å². The topological polar surface area (TPSA) is 128 Å². The van der Waals surface area contributed by atoms with Crippen LogP contribution in [-0.2, 0) is 17.8 Å². The van der Waals surface area contributed by atoms with Gasteiger partial charge in [-0.3, -0.25) is 9.78 Å². The summed E-state index contributed by atoms with van der Waals surface area (Å²) in [6, 6.07) is 3.82. The van der Waals surface area contributed by atoms with Gasteiger partial charge in [-0.15, -0.1) is 0 Å². The lowest BCUT2D eigenvalue weighted by Crippen LogP contribution is -2.33. The highest BCUT2D eigenvalue weighted by Crippen LogP contribution is 2.28. The van der Waals surface area contributed by atoms with Gasteiger partial charge in [-0.25, -0.2) is 15.0 Å². The summed E-state index contributed by atoms with van der Waals surface area (Å²) in [5, 5.41) is 0.849. The molecule has 1 aliphatic heterocycles. The van der Waals surface area contributed by atoms with Crippen LogP contribution in [0, 0.1) is 0 Å². The smallest absolute Gasteiger partial charge is 0.227 e. The summed E-state index contributed by atoms with van der Waals surface area (Å²) < 4.78 is 2.28. The predicted molar refractivity (Wildman–Crippen MR) is 135 cm³/mol. The normalized spacial score (nSPS) is 13.7. The molecule has 0 bridgehead atoms. The maximum absolute atomic E-state index is 11.2. The van der Waals surface area contributed by atoms with E-state index in [2.05, 4.69) is 31.4 Å². The minimum absolute atomic E-state index is 0.237. The molecular weight excluding hydrogens is 436 g/mol. The summed E-state index contributed by atoms with van der Waals surface area (Å²) >= 11 is 1.39. The van der Waals surface area contributed by atoms with Crippen molar-refractivity contribution < 1.29 is 4.79 Å². The van der Waals surface area contributed by atoms with Crippen LogP contribution in [0.25, 0.3) is 22.1 Å². The van der Waals surface area contributed by atoms with Crippen molar-refractivity contribution >= 4 is 50.7 Å². The van der Waals surface area contributed by atoms with Gasteiger partial charge in [0, 0.05) is 38.5 Å². The van der Waals surface area contributed by atoms with Crippen molar-refractivity contribution in [1.82, 2.24) is 24.4 Å². The van der Waals surface area contributed by atoms with E-state index < -0.39 is 0 Å². The number of thioether (sulfide) groups is 1. The van der Waals surface area contributed by atoms with Gasteiger partial charge in [0.2, 0.25) is 5.91 Å². The molecule has 4 heterocycles. The average molecular weight is 467 g/mol. The summed E-state index contributed by atoms with van der Waals surface area (Å²) in [6.07, 6.45) is 10.6. The van der Waals surface area contributed by atoms with Crippen molar-refractivity contribution in [3.63, 3.8) is 0 Å². The van der Waals surface area contributed by atoms with Crippen LogP contribution < -0.4 is 11.5 Å². The van der Waals surface area contributed by atoms with E-state index in [-0.39, 0.29) is 11.7 Å². The summed E-state index contributed by atoms with van der Waals surface area (Å²) in [4.78, 5) is 31.7. The average Bonchev–Trinajstić information content (AvgIpc) is 3.19. The molecule has 4 N–H and O–H groups in total. The Balaban J connectivity index is 1.51. The number of hydrogen-bond donors (Lipinski definition) is 2. The number of nitrogen functional groups attached to an aromatic ring is 1. The van der Waals surface area contributed by atoms with Crippen molar-refractivity contribution in [2.24, 2.45) is 10.7 Å². The molecule has 0 saturated carbocycles. The second-order valence-electron chi connectivity index (χ2n) is 8.05. The number of amidine groups is 1. The Morgan fingerprint density at radius 2 is 2.03 bits per heavy atom. The van der Waals surface area contributed by atoms with Gasteiger partial charge in [-0.05, 0) is 37.5 Å². The SMILES string of the molecule is CCCCc1nc2c(N)nc3cccnc3c2n1CCCCN1CC=CN=C1SCC(N)=O. The number of hydrogen-bond acceptors (Lipinski definition) is 8. The first kappa shape index (κ1) is 23.0. The van der Waals surface area contributed by atoms with Crippen molar-refractivity contribution in [2.45, 2.75) is 45.6 Å². The van der Waals surface area contributed by atoms with Gasteiger partial charge in [0.25, 0.3) is 0 Å². The fourth-order valence-corrected chi connectivity index (χ4v) is 4.77. The number of unbranched alkanes of at least 4 members (excludes halogenated alkanes) is 2. The number of anilines is 1. The number of nitrogens with two attached hydrogens (primary N) is 2. The van der Waals surface area contributed by atoms with Gasteiger partial charge in [-0.2, -0.15) is 0 Å². The van der Waals surface area contributed by atoms with Crippen LogP contribution in [0.4, 0.5) is 5.82 Å². The number of imidazole rings is 1. The molecule has 33 heavy (non-hydrogen) atoms. The number of amides is 1. The second-order valence-corrected chi connectivity index (χ2v) is 9.00. The molecule has 0 radical (unpaired) electrons. The third kappa shape index (κ3) is 5.27. The van der Waals surface area contributed by atoms with Crippen molar-refractivity contribution in [3.05, 3.63) is 36.4 Å². The number of aryl methyl sites for hydroxylation is 2. The van der Waals surface area contributed by atoms with Crippen molar-refractivity contribution in [1.29, 1.82) is 0 Å². The highest BCUT2D eigenvalue weighted by molar-refractivity contribution is 8.14. The Morgan fingerprint density at radius 1 is 1.18 bits per heavy atom. The highest BCUT2D eigenvalue weighted by atomic mass is 32.2. The molecule has 9 nitrogen and oxygen atoms in total. The van der Waals surface area contributed by atoms with Gasteiger partial charge in [0.05, 0.1) is 11.3 Å². The Kier molecular flexibility index (Phi) is 7.43. The van der Waals surface area contributed by atoms with Gasteiger partial charge >= 0.3 is 0 Å². The molecule has 0 saturated heterocycles. The highest BCUT2D eigenvalue weighted by Gasteiger charge is 2.18. The number of carbonyl (C=O) groups excluding carboxylic acids is 1. The summed E-state index contributed by atoms with van der Waals surface area (Å²) in [7, 11) is 0. The molecule has 1 amide bonds. The number of rotatable bonds is 10. The van der Waals surface area contributed by atoms with Crippen LogP contribution in [0.3, 0.4) is 0 Å². The molecule has 0 aliphatic carbocycles. The van der Waals surface area contributed by atoms with E-state index in [1.54, 1.807) is 12.4 Å². The largest absolute Gasteiger partial charge is 0.382 e. The lowest BCUT2D eigenvalue weighted by Gasteiger charge is -2.26. The van der Waals surface area contributed by atoms with Gasteiger partial charge in [0.1, 0.15) is 22.4 Å². The predicted octanol–water partition coefficient (Wildman–Crippen LogP) is 3.09. The molecule has 174 valence electrons. The van der Waals surface area contributed by atoms with E-state index in [0.717, 1.165) is 84.8 Å². The van der Waals surface area contributed by atoms with E-state index in [1.165, 1.54) is 11.8 Å². The van der Waals surface area contributed by atoms with E-state index in [1.807, 2.05) is 18.2 Å². The minimum Gasteiger partial charge on any atom is -0.382 e. The lowest BCUT2D eigenvalue weighted by atomic mass is 10.2. The number of fused-ring (bicyclic) bond motifs is 3. The number of pyridine rings is 2. The first-order valence-electron chi connectivity index (χ1n) is 11.4. The third-order valence-electron chi connectivity index (χ3n) is 5.58. The fraction of sp³-hybridized carbons (Fsp3) is 0.435. The molecule has 3 aromatic rings. The third-order valence-corrected chi connectivity index (χ3v) is 6.64. The quantitative estimate of drug-likeness (QED) is 0.439. The van der Waals surface area contributed by atoms with Crippen LogP contribution in [0.15, 0.2) is 35.6 Å². The maximum Gasteiger partial charge on any atom is 0.227 e. The number of carbonyl (C=O) groups is 1. The van der Waals surface area contributed by atoms with Crippen LogP contribution in [0.1, 0.15) is 38.4 Å².